The summed E-state index contributed by atoms with van der Waals surface area (Å²) < 4.78 is 23.5. The molecule has 3 aliphatic heterocycles. The maximum absolute atomic E-state index is 12.9. The Morgan fingerprint density at radius 1 is 1.15 bits per heavy atom. The number of piperidine rings is 1. The highest BCUT2D eigenvalue weighted by Crippen LogP contribution is 2.39. The van der Waals surface area contributed by atoms with E-state index in [4.69, 9.17) is 18.9 Å². The minimum atomic E-state index is -1.30. The second-order valence-corrected chi connectivity index (χ2v) is 15.7. The molecule has 10 nitrogen and oxygen atoms in total. The Bertz CT molecular complexity index is 1350. The van der Waals surface area contributed by atoms with E-state index >= 15 is 0 Å². The third kappa shape index (κ3) is 11.5. The molecule has 0 radical (unpaired) electrons. The molecule has 292 valence electrons. The number of methoxy groups -OCH3 is 2. The highest BCUT2D eigenvalue weighted by Gasteiger charge is 2.54. The molecule has 1 aromatic carbocycles. The average molecular weight is 727 g/mol. The topological polar surface area (TPSA) is 133 Å². The molecule has 0 saturated carbocycles. The van der Waals surface area contributed by atoms with Crippen LogP contribution in [-0.4, -0.2) is 102 Å². The fourth-order valence-corrected chi connectivity index (χ4v) is 7.86. The van der Waals surface area contributed by atoms with Crippen LogP contribution in [0.15, 0.2) is 60.2 Å². The van der Waals surface area contributed by atoms with E-state index in [2.05, 4.69) is 48.3 Å². The van der Waals surface area contributed by atoms with Crippen LogP contribution < -0.4 is 10.2 Å². The molecular formula is C42H66N2O8. The summed E-state index contributed by atoms with van der Waals surface area (Å²) in [5, 5.41) is 37.2. The van der Waals surface area contributed by atoms with Gasteiger partial charge in [-0.1, -0.05) is 63.3 Å². The molecule has 2 saturated heterocycles. The number of aliphatic hydroxyl groups excluding tert-OH is 1. The molecule has 3 heterocycles. The van der Waals surface area contributed by atoms with Crippen LogP contribution in [0, 0.1) is 11.8 Å². The van der Waals surface area contributed by atoms with E-state index in [0.29, 0.717) is 6.54 Å². The third-order valence-corrected chi connectivity index (χ3v) is 11.3. The quantitative estimate of drug-likeness (QED) is 0.0828. The van der Waals surface area contributed by atoms with Gasteiger partial charge in [-0.25, -0.2) is 0 Å². The molecule has 10 heteroatoms. The fourth-order valence-electron chi connectivity index (χ4n) is 7.86. The largest absolute Gasteiger partial charge is 0.457 e. The lowest BCUT2D eigenvalue weighted by Gasteiger charge is -2.32. The molecule has 0 bridgehead atoms. The van der Waals surface area contributed by atoms with E-state index in [1.165, 1.54) is 24.9 Å². The Kier molecular flexibility index (Phi) is 15.5. The Morgan fingerprint density at radius 3 is 2.48 bits per heavy atom. The van der Waals surface area contributed by atoms with Crippen LogP contribution in [0.3, 0.4) is 0 Å². The van der Waals surface area contributed by atoms with Gasteiger partial charge in [0.2, 0.25) is 0 Å². The highest BCUT2D eigenvalue weighted by atomic mass is 16.6. The SMILES string of the molecule is CCC(OC)C(C)C1OC1C(NCc1ccc(N2CCCCC2)cc1)C(C)(O)C=CC=C(C)C1OC(=O)CC(O)CCC(C)(O)C(OC)C=CC1C. The number of carbonyl (C=O) groups excluding carboxylic acids is 1. The predicted octanol–water partition coefficient (Wildman–Crippen LogP) is 5.63. The number of hydrogen-bond acceptors (Lipinski definition) is 10. The molecule has 1 aromatic rings. The lowest BCUT2D eigenvalue weighted by molar-refractivity contribution is -0.151. The molecule has 11 unspecified atom stereocenters. The smallest absolute Gasteiger partial charge is 0.309 e. The van der Waals surface area contributed by atoms with E-state index in [9.17, 15) is 20.1 Å². The van der Waals surface area contributed by atoms with Gasteiger partial charge in [-0.15, -0.1) is 0 Å². The molecule has 4 rings (SSSR count). The van der Waals surface area contributed by atoms with Crippen molar-refractivity contribution in [2.24, 2.45) is 11.8 Å². The second kappa shape index (κ2) is 19.1. The zero-order chi connectivity index (χ0) is 38.1. The number of anilines is 1. The van der Waals surface area contributed by atoms with Gasteiger partial charge in [0.1, 0.15) is 18.3 Å². The van der Waals surface area contributed by atoms with Crippen molar-refractivity contribution in [1.29, 1.82) is 0 Å². The zero-order valence-electron chi connectivity index (χ0n) is 32.8. The molecule has 3 aliphatic rings. The van der Waals surface area contributed by atoms with Crippen molar-refractivity contribution < 1.29 is 39.1 Å². The molecule has 0 aliphatic carbocycles. The van der Waals surface area contributed by atoms with Crippen LogP contribution in [0.2, 0.25) is 0 Å². The van der Waals surface area contributed by atoms with Crippen LogP contribution in [-0.2, 0) is 30.3 Å². The third-order valence-electron chi connectivity index (χ3n) is 11.3. The first-order valence-corrected chi connectivity index (χ1v) is 19.4. The summed E-state index contributed by atoms with van der Waals surface area (Å²) in [6.07, 6.45) is 11.7. The van der Waals surface area contributed by atoms with E-state index < -0.39 is 41.5 Å². The highest BCUT2D eigenvalue weighted by molar-refractivity contribution is 5.70. The van der Waals surface area contributed by atoms with Crippen molar-refractivity contribution in [1.82, 2.24) is 5.32 Å². The second-order valence-electron chi connectivity index (χ2n) is 15.7. The zero-order valence-corrected chi connectivity index (χ0v) is 32.8. The minimum absolute atomic E-state index is 0.0557. The number of cyclic esters (lactones) is 1. The van der Waals surface area contributed by atoms with Crippen LogP contribution in [0.4, 0.5) is 5.69 Å². The normalized spacial score (nSPS) is 32.3. The van der Waals surface area contributed by atoms with Crippen LogP contribution in [0.1, 0.15) is 92.1 Å². The summed E-state index contributed by atoms with van der Waals surface area (Å²) in [7, 11) is 3.27. The Hall–Kier alpha value is -2.57. The van der Waals surface area contributed by atoms with E-state index in [1.807, 2.05) is 26.0 Å². The van der Waals surface area contributed by atoms with Crippen molar-refractivity contribution in [3.05, 3.63) is 65.8 Å². The Balaban J connectivity index is 1.53. The standard InChI is InChI=1S/C42H66N2O8/c1-9-34(49-7)30(4)38-39(52-38)40(43-27-31-16-18-32(19-17-31)44-24-11-10-12-25-44)42(6,48)22-13-14-28(2)37-29(3)15-20-35(50-8)41(5,47)23-21-33(45)26-36(46)51-37/h13-20,22,29-30,33-35,37-40,43,45,47-48H,9-12,21,23-27H2,1-8H3. The summed E-state index contributed by atoms with van der Waals surface area (Å²) in [6, 6.07) is 8.28. The molecule has 52 heavy (non-hydrogen) atoms. The maximum atomic E-state index is 12.9. The predicted molar refractivity (Wildman–Crippen MR) is 205 cm³/mol. The van der Waals surface area contributed by atoms with Crippen LogP contribution >= 0.6 is 0 Å². The van der Waals surface area contributed by atoms with Gasteiger partial charge in [0.05, 0.1) is 42.0 Å². The molecule has 4 N–H and O–H groups in total. The molecular weight excluding hydrogens is 660 g/mol. The number of epoxide rings is 1. The first-order valence-electron chi connectivity index (χ1n) is 19.4. The first-order chi connectivity index (χ1) is 24.7. The summed E-state index contributed by atoms with van der Waals surface area (Å²) in [4.78, 5) is 15.4. The summed E-state index contributed by atoms with van der Waals surface area (Å²) in [5.74, 6) is -0.616. The van der Waals surface area contributed by atoms with E-state index in [0.717, 1.165) is 30.6 Å². The number of allylic oxidation sites excluding steroid dienone is 2. The molecule has 0 aromatic heterocycles. The summed E-state index contributed by atoms with van der Waals surface area (Å²) >= 11 is 0. The van der Waals surface area contributed by atoms with Crippen molar-refractivity contribution in [3.8, 4) is 0 Å². The Morgan fingerprint density at radius 2 is 1.85 bits per heavy atom. The van der Waals surface area contributed by atoms with Crippen molar-refractivity contribution in [3.63, 3.8) is 0 Å². The molecule has 0 amide bonds. The number of nitrogens with zero attached hydrogens (tertiary/aromatic N) is 1. The van der Waals surface area contributed by atoms with Gasteiger partial charge < -0.3 is 44.5 Å². The summed E-state index contributed by atoms with van der Waals surface area (Å²) in [5.41, 5.74) is 0.634. The number of benzene rings is 1. The lowest BCUT2D eigenvalue weighted by atomic mass is 9.87. The monoisotopic (exact) mass is 726 g/mol. The number of nitrogens with one attached hydrogen (secondary N) is 1. The maximum Gasteiger partial charge on any atom is 0.309 e. The van der Waals surface area contributed by atoms with Crippen molar-refractivity contribution in [2.75, 3.05) is 32.2 Å². The number of hydrogen-bond donors (Lipinski definition) is 4. The summed E-state index contributed by atoms with van der Waals surface area (Å²) in [6.45, 7) is 14.3. The van der Waals surface area contributed by atoms with Gasteiger partial charge >= 0.3 is 5.97 Å². The fraction of sp³-hybridized carbons (Fsp3) is 0.690. The van der Waals surface area contributed by atoms with E-state index in [1.54, 1.807) is 46.3 Å². The van der Waals surface area contributed by atoms with E-state index in [-0.39, 0.29) is 49.4 Å². The van der Waals surface area contributed by atoms with Gasteiger partial charge in [-0.05, 0) is 82.6 Å². The van der Waals surface area contributed by atoms with Gasteiger partial charge in [0, 0.05) is 51.4 Å². The van der Waals surface area contributed by atoms with Gasteiger partial charge in [-0.3, -0.25) is 4.79 Å². The number of aliphatic hydroxyl groups is 3. The number of esters is 1. The van der Waals surface area contributed by atoms with Crippen LogP contribution in [0.5, 0.6) is 0 Å². The molecule has 2 fully saturated rings. The lowest BCUT2D eigenvalue weighted by Crippen LogP contribution is -2.52. The molecule has 11 atom stereocenters. The van der Waals surface area contributed by atoms with Gasteiger partial charge in [0.25, 0.3) is 0 Å². The number of rotatable bonds is 14. The number of carbonyl (C=O) groups is 1. The first kappa shape index (κ1) is 42.2. The Labute approximate surface area is 312 Å². The van der Waals surface area contributed by atoms with Gasteiger partial charge in [0.15, 0.2) is 0 Å². The van der Waals surface area contributed by atoms with Crippen LogP contribution in [0.25, 0.3) is 0 Å². The van der Waals surface area contributed by atoms with Gasteiger partial charge in [-0.2, -0.15) is 0 Å². The minimum Gasteiger partial charge on any atom is -0.457 e. The number of ether oxygens (including phenoxy) is 4. The molecule has 0 spiro atoms. The van der Waals surface area contributed by atoms with Crippen molar-refractivity contribution in [2.45, 2.75) is 147 Å². The average Bonchev–Trinajstić information content (AvgIpc) is 3.91. The van der Waals surface area contributed by atoms with Crippen molar-refractivity contribution >= 4 is 11.7 Å².